The van der Waals surface area contributed by atoms with Gasteiger partial charge in [-0.15, -0.1) is 0 Å². The molecule has 0 fully saturated rings. The van der Waals surface area contributed by atoms with E-state index in [0.717, 1.165) is 12.8 Å². The Hall–Kier alpha value is 0.410. The van der Waals surface area contributed by atoms with Gasteiger partial charge in [-0.3, -0.25) is 0 Å². The zero-order chi connectivity index (χ0) is 7.52. The van der Waals surface area contributed by atoms with Crippen LogP contribution in [0, 0.1) is 0 Å². The van der Waals surface area contributed by atoms with Crippen molar-refractivity contribution in [2.24, 2.45) is 0 Å². The van der Waals surface area contributed by atoms with Crippen LogP contribution >= 0.6 is 0 Å². The summed E-state index contributed by atoms with van der Waals surface area (Å²) in [6, 6.07) is 0. The van der Waals surface area contributed by atoms with Crippen LogP contribution in [0.2, 0.25) is 0 Å². The van der Waals surface area contributed by atoms with Crippen molar-refractivity contribution in [1.29, 1.82) is 0 Å². The van der Waals surface area contributed by atoms with Crippen LogP contribution < -0.4 is 24.8 Å². The fourth-order valence-corrected chi connectivity index (χ4v) is 1.54. The Balaban J connectivity index is 0. The Kier molecular flexibility index (Phi) is 10.5. The molecule has 14 heavy (non-hydrogen) atoms. The third kappa shape index (κ3) is 4.77. The summed E-state index contributed by atoms with van der Waals surface area (Å²) in [4.78, 5) is 0. The monoisotopic (exact) mass is 394 g/mol. The SMILES string of the molecule is C1=CCC(CC2=CC=CC2)=C1.[Cl-].[Cl-].[Hf+4]. The van der Waals surface area contributed by atoms with Gasteiger partial charge < -0.3 is 24.8 Å². The summed E-state index contributed by atoms with van der Waals surface area (Å²) in [5.74, 6) is 0. The van der Waals surface area contributed by atoms with E-state index in [1.807, 2.05) is 0 Å². The van der Waals surface area contributed by atoms with Crippen molar-refractivity contribution in [3.05, 3.63) is 47.6 Å². The van der Waals surface area contributed by atoms with Crippen molar-refractivity contribution < 1.29 is 50.7 Å². The minimum Gasteiger partial charge on any atom is -1.00 e. The molecule has 2 rings (SSSR count). The largest absolute Gasteiger partial charge is 4.00 e. The molecule has 0 radical (unpaired) electrons. The third-order valence-electron chi connectivity index (χ3n) is 2.15. The molecule has 0 nitrogen and oxygen atoms in total. The molecule has 2 aliphatic carbocycles. The average molecular weight is 394 g/mol. The molecule has 0 aliphatic heterocycles. The number of hydrogen-bond donors (Lipinski definition) is 0. The molecule has 0 atom stereocenters. The van der Waals surface area contributed by atoms with Crippen LogP contribution in [0.3, 0.4) is 0 Å². The number of halogens is 2. The van der Waals surface area contributed by atoms with Gasteiger partial charge in [-0.25, -0.2) is 0 Å². The predicted molar refractivity (Wildman–Crippen MR) is 48.3 cm³/mol. The summed E-state index contributed by atoms with van der Waals surface area (Å²) >= 11 is 0. The normalized spacial score (nSPS) is 16.3. The van der Waals surface area contributed by atoms with E-state index in [2.05, 4.69) is 36.5 Å². The maximum Gasteiger partial charge on any atom is 4.00 e. The van der Waals surface area contributed by atoms with Crippen molar-refractivity contribution in [2.45, 2.75) is 19.3 Å². The van der Waals surface area contributed by atoms with E-state index in [-0.39, 0.29) is 50.7 Å². The van der Waals surface area contributed by atoms with Gasteiger partial charge in [-0.2, -0.15) is 0 Å². The van der Waals surface area contributed by atoms with E-state index in [9.17, 15) is 0 Å². The van der Waals surface area contributed by atoms with E-state index in [1.54, 1.807) is 11.1 Å². The molecule has 0 amide bonds. The second kappa shape index (κ2) is 8.70. The number of hydrogen-bond acceptors (Lipinski definition) is 0. The maximum absolute atomic E-state index is 2.24. The smallest absolute Gasteiger partial charge is 1.00 e. The molecule has 0 aromatic rings. The minimum atomic E-state index is 0. The molecule has 0 aromatic carbocycles. The summed E-state index contributed by atoms with van der Waals surface area (Å²) in [5, 5.41) is 0. The molecule has 0 spiro atoms. The Morgan fingerprint density at radius 1 is 0.857 bits per heavy atom. The van der Waals surface area contributed by atoms with Gasteiger partial charge in [0.15, 0.2) is 0 Å². The second-order valence-electron chi connectivity index (χ2n) is 3.09. The molecular formula is C11H12Cl2Hf+2. The molecule has 0 N–H and O–H groups in total. The van der Waals surface area contributed by atoms with Crippen LogP contribution in [0.1, 0.15) is 19.3 Å². The fourth-order valence-electron chi connectivity index (χ4n) is 1.54. The van der Waals surface area contributed by atoms with Gasteiger partial charge in [0.05, 0.1) is 0 Å². The number of allylic oxidation sites excluding steroid dienone is 8. The Morgan fingerprint density at radius 3 is 1.57 bits per heavy atom. The first-order valence-corrected chi connectivity index (χ1v) is 4.14. The zero-order valence-electron chi connectivity index (χ0n) is 7.84. The Bertz CT molecular complexity index is 247. The third-order valence-corrected chi connectivity index (χ3v) is 2.15. The van der Waals surface area contributed by atoms with Crippen LogP contribution in [0.4, 0.5) is 0 Å². The first kappa shape index (κ1) is 16.8. The maximum atomic E-state index is 2.24. The van der Waals surface area contributed by atoms with Crippen molar-refractivity contribution >= 4 is 0 Å². The van der Waals surface area contributed by atoms with Gasteiger partial charge in [0.1, 0.15) is 0 Å². The molecular weight excluding hydrogens is 382 g/mol. The van der Waals surface area contributed by atoms with Gasteiger partial charge in [-0.1, -0.05) is 47.6 Å². The van der Waals surface area contributed by atoms with Gasteiger partial charge >= 0.3 is 25.8 Å². The molecule has 3 heteroatoms. The van der Waals surface area contributed by atoms with E-state index >= 15 is 0 Å². The summed E-state index contributed by atoms with van der Waals surface area (Å²) < 4.78 is 0. The van der Waals surface area contributed by atoms with Crippen molar-refractivity contribution in [2.75, 3.05) is 0 Å². The molecule has 0 unspecified atom stereocenters. The summed E-state index contributed by atoms with van der Waals surface area (Å²) in [6.45, 7) is 0. The summed E-state index contributed by atoms with van der Waals surface area (Å²) in [7, 11) is 0. The molecule has 2 aliphatic rings. The average Bonchev–Trinajstić information content (AvgIpc) is 2.60. The molecule has 0 aromatic heterocycles. The van der Waals surface area contributed by atoms with E-state index in [0.29, 0.717) is 0 Å². The Morgan fingerprint density at radius 2 is 1.29 bits per heavy atom. The van der Waals surface area contributed by atoms with Crippen LogP contribution in [0.15, 0.2) is 47.6 Å². The quantitative estimate of drug-likeness (QED) is 0.444. The van der Waals surface area contributed by atoms with Crippen LogP contribution in [-0.2, 0) is 25.8 Å². The van der Waals surface area contributed by atoms with E-state index in [4.69, 9.17) is 0 Å². The van der Waals surface area contributed by atoms with Crippen molar-refractivity contribution in [1.82, 2.24) is 0 Å². The molecule has 0 saturated heterocycles. The summed E-state index contributed by atoms with van der Waals surface area (Å²) in [6.07, 6.45) is 16.7. The topological polar surface area (TPSA) is 0 Å². The fraction of sp³-hybridized carbons (Fsp3) is 0.273. The van der Waals surface area contributed by atoms with Gasteiger partial charge in [0, 0.05) is 0 Å². The Labute approximate surface area is 117 Å². The predicted octanol–water partition coefficient (Wildman–Crippen LogP) is -2.85. The first-order chi connectivity index (χ1) is 5.45. The van der Waals surface area contributed by atoms with Crippen molar-refractivity contribution in [3.8, 4) is 0 Å². The van der Waals surface area contributed by atoms with E-state index in [1.165, 1.54) is 6.42 Å². The van der Waals surface area contributed by atoms with Gasteiger partial charge in [0.2, 0.25) is 0 Å². The van der Waals surface area contributed by atoms with Crippen molar-refractivity contribution in [3.63, 3.8) is 0 Å². The molecule has 0 bridgehead atoms. The molecule has 0 saturated carbocycles. The van der Waals surface area contributed by atoms with Crippen LogP contribution in [-0.4, -0.2) is 0 Å². The number of rotatable bonds is 2. The second-order valence-corrected chi connectivity index (χ2v) is 3.09. The first-order valence-electron chi connectivity index (χ1n) is 4.14. The molecule has 72 valence electrons. The van der Waals surface area contributed by atoms with Gasteiger partial charge in [-0.05, 0) is 19.3 Å². The minimum absolute atomic E-state index is 0. The van der Waals surface area contributed by atoms with Crippen LogP contribution in [0.25, 0.3) is 0 Å². The zero-order valence-corrected chi connectivity index (χ0v) is 12.9. The summed E-state index contributed by atoms with van der Waals surface area (Å²) in [5.41, 5.74) is 3.11. The van der Waals surface area contributed by atoms with E-state index < -0.39 is 0 Å². The van der Waals surface area contributed by atoms with Crippen LogP contribution in [0.5, 0.6) is 0 Å². The molecule has 0 heterocycles. The standard InChI is InChI=1S/C11H12.2ClH.Hf/c1-2-6-10(5-1)9-11-7-3-4-8-11;;;/h1-5,7H,6,8-9H2;2*1H;/q;;;+4/p-2. The van der Waals surface area contributed by atoms with Gasteiger partial charge in [0.25, 0.3) is 0 Å².